The Balaban J connectivity index is 2.02. The zero-order valence-corrected chi connectivity index (χ0v) is 14.8. The molecular weight excluding hydrogens is 280 g/mol. The van der Waals surface area contributed by atoms with E-state index in [1.54, 1.807) is 0 Å². The van der Waals surface area contributed by atoms with E-state index in [-0.39, 0.29) is 5.41 Å². The zero-order valence-electron chi connectivity index (χ0n) is 14.8. The number of benzene rings is 1. The van der Waals surface area contributed by atoms with E-state index in [2.05, 4.69) is 73.4 Å². The summed E-state index contributed by atoms with van der Waals surface area (Å²) in [5.74, 6) is 2.17. The minimum Gasteiger partial charge on any atom is -0.202 e. The van der Waals surface area contributed by atoms with Gasteiger partial charge >= 0.3 is 0 Å². The third-order valence-electron chi connectivity index (χ3n) is 5.72. The van der Waals surface area contributed by atoms with Gasteiger partial charge in [-0.15, -0.1) is 0 Å². The highest BCUT2D eigenvalue weighted by Gasteiger charge is 2.43. The maximum atomic E-state index is 2.55. The standard InChI is InChI=1S/C21H27N2/c1-15-9-5-8-12-18(15)23-16(2)19-21(3,4)13-14-22(19)20(23)17-10-6-7-11-17/h5,8-9,12-14,17H,6-7,10-11H2,1-4H3/q+1. The molecule has 0 spiro atoms. The Kier molecular flexibility index (Phi) is 3.26. The Morgan fingerprint density at radius 2 is 1.78 bits per heavy atom. The van der Waals surface area contributed by atoms with Crippen LogP contribution >= 0.6 is 0 Å². The van der Waals surface area contributed by atoms with Crippen molar-refractivity contribution in [2.45, 2.75) is 64.7 Å². The van der Waals surface area contributed by atoms with Gasteiger partial charge < -0.3 is 0 Å². The van der Waals surface area contributed by atoms with Gasteiger partial charge in [0.15, 0.2) is 5.69 Å². The fourth-order valence-electron chi connectivity index (χ4n) is 4.62. The largest absolute Gasteiger partial charge is 0.269 e. The molecule has 1 aromatic heterocycles. The van der Waals surface area contributed by atoms with E-state index in [0.717, 1.165) is 0 Å². The molecule has 2 heterocycles. The number of aryl methyl sites for hydroxylation is 1. The molecule has 0 saturated heterocycles. The summed E-state index contributed by atoms with van der Waals surface area (Å²) < 4.78 is 5.05. The number of aromatic nitrogens is 2. The van der Waals surface area contributed by atoms with Crippen LogP contribution in [0.5, 0.6) is 0 Å². The van der Waals surface area contributed by atoms with Crippen LogP contribution < -0.4 is 4.57 Å². The normalized spacial score (nSPS) is 19.5. The summed E-state index contributed by atoms with van der Waals surface area (Å²) in [6.45, 7) is 9.18. The van der Waals surface area contributed by atoms with Gasteiger partial charge in [-0.1, -0.05) is 31.0 Å². The van der Waals surface area contributed by atoms with E-state index in [9.17, 15) is 0 Å². The summed E-state index contributed by atoms with van der Waals surface area (Å²) in [5, 5.41) is 0. The SMILES string of the molecule is Cc1ccccc1-n1c(C)c2[n+](c1C1CCCC1)C=CC2(C)C. The summed E-state index contributed by atoms with van der Waals surface area (Å²) in [4.78, 5) is 0. The lowest BCUT2D eigenvalue weighted by molar-refractivity contribution is -0.584. The first-order valence-corrected chi connectivity index (χ1v) is 8.93. The van der Waals surface area contributed by atoms with Crippen molar-refractivity contribution < 1.29 is 4.57 Å². The van der Waals surface area contributed by atoms with Gasteiger partial charge in [0, 0.05) is 6.92 Å². The van der Waals surface area contributed by atoms with Gasteiger partial charge in [-0.05, 0) is 51.3 Å². The van der Waals surface area contributed by atoms with E-state index in [1.165, 1.54) is 54.1 Å². The molecule has 2 aromatic rings. The van der Waals surface area contributed by atoms with Crippen molar-refractivity contribution in [3.63, 3.8) is 0 Å². The second-order valence-corrected chi connectivity index (χ2v) is 7.80. The van der Waals surface area contributed by atoms with E-state index in [1.807, 2.05) is 0 Å². The van der Waals surface area contributed by atoms with Crippen LogP contribution in [0.2, 0.25) is 0 Å². The lowest BCUT2D eigenvalue weighted by Gasteiger charge is -2.12. The van der Waals surface area contributed by atoms with E-state index in [0.29, 0.717) is 5.92 Å². The number of imidazole rings is 1. The second kappa shape index (κ2) is 5.09. The molecule has 4 rings (SSSR count). The number of rotatable bonds is 2. The maximum Gasteiger partial charge on any atom is 0.269 e. The Bertz CT molecular complexity index is 786. The number of nitrogens with zero attached hydrogens (tertiary/aromatic N) is 2. The fourth-order valence-corrected chi connectivity index (χ4v) is 4.62. The second-order valence-electron chi connectivity index (χ2n) is 7.80. The highest BCUT2D eigenvalue weighted by molar-refractivity contribution is 5.46. The smallest absolute Gasteiger partial charge is 0.202 e. The molecule has 23 heavy (non-hydrogen) atoms. The van der Waals surface area contributed by atoms with Crippen LogP contribution in [-0.2, 0) is 5.41 Å². The van der Waals surface area contributed by atoms with Crippen molar-refractivity contribution in [3.05, 3.63) is 53.1 Å². The zero-order chi connectivity index (χ0) is 16.2. The van der Waals surface area contributed by atoms with Crippen molar-refractivity contribution in [2.75, 3.05) is 0 Å². The van der Waals surface area contributed by atoms with Gasteiger partial charge in [0.2, 0.25) is 0 Å². The molecule has 1 fully saturated rings. The summed E-state index contributed by atoms with van der Waals surface area (Å²) in [7, 11) is 0. The van der Waals surface area contributed by atoms with Crippen LogP contribution in [0.25, 0.3) is 11.9 Å². The van der Waals surface area contributed by atoms with E-state index < -0.39 is 0 Å². The fraction of sp³-hybridized carbons (Fsp3) is 0.476. The van der Waals surface area contributed by atoms with Gasteiger partial charge in [-0.3, -0.25) is 0 Å². The van der Waals surface area contributed by atoms with Crippen molar-refractivity contribution in [2.24, 2.45) is 0 Å². The molecular formula is C21H27N2+. The molecule has 1 saturated carbocycles. The Hall–Kier alpha value is -1.83. The minimum atomic E-state index is 0.116. The lowest BCUT2D eigenvalue weighted by Crippen LogP contribution is -2.35. The van der Waals surface area contributed by atoms with E-state index >= 15 is 0 Å². The molecule has 1 aliphatic carbocycles. The third-order valence-corrected chi connectivity index (χ3v) is 5.72. The summed E-state index contributed by atoms with van der Waals surface area (Å²) in [6, 6.07) is 8.80. The van der Waals surface area contributed by atoms with Crippen molar-refractivity contribution in [1.82, 2.24) is 4.57 Å². The molecule has 1 aromatic carbocycles. The molecule has 0 N–H and O–H groups in total. The Morgan fingerprint density at radius 1 is 1.09 bits per heavy atom. The monoisotopic (exact) mass is 307 g/mol. The molecule has 0 bridgehead atoms. The molecule has 0 unspecified atom stereocenters. The first-order chi connectivity index (χ1) is 11.0. The summed E-state index contributed by atoms with van der Waals surface area (Å²) >= 11 is 0. The van der Waals surface area contributed by atoms with E-state index in [4.69, 9.17) is 0 Å². The Labute approximate surface area is 139 Å². The average molecular weight is 307 g/mol. The van der Waals surface area contributed by atoms with Crippen LogP contribution in [0.4, 0.5) is 0 Å². The van der Waals surface area contributed by atoms with Gasteiger partial charge in [-0.2, -0.15) is 4.57 Å². The number of hydrogen-bond acceptors (Lipinski definition) is 0. The van der Waals surface area contributed by atoms with Crippen LogP contribution in [0.3, 0.4) is 0 Å². The van der Waals surface area contributed by atoms with Gasteiger partial charge in [0.1, 0.15) is 11.4 Å². The van der Waals surface area contributed by atoms with Crippen molar-refractivity contribution >= 4 is 6.20 Å². The minimum absolute atomic E-state index is 0.116. The number of fused-ring (bicyclic) bond motifs is 1. The number of para-hydroxylation sites is 1. The number of hydrogen-bond donors (Lipinski definition) is 0. The van der Waals surface area contributed by atoms with Crippen LogP contribution in [0, 0.1) is 13.8 Å². The molecule has 120 valence electrons. The molecule has 2 nitrogen and oxygen atoms in total. The quantitative estimate of drug-likeness (QED) is 0.705. The topological polar surface area (TPSA) is 8.81 Å². The lowest BCUT2D eigenvalue weighted by atomic mass is 9.90. The maximum absolute atomic E-state index is 2.55. The number of allylic oxidation sites excluding steroid dienone is 1. The Morgan fingerprint density at radius 3 is 2.48 bits per heavy atom. The average Bonchev–Trinajstić information content (AvgIpc) is 3.18. The molecule has 0 radical (unpaired) electrons. The predicted molar refractivity (Wildman–Crippen MR) is 95.0 cm³/mol. The van der Waals surface area contributed by atoms with Gasteiger partial charge in [0.25, 0.3) is 5.82 Å². The third kappa shape index (κ3) is 2.11. The molecule has 2 heteroatoms. The first kappa shape index (κ1) is 14.7. The molecule has 2 aliphatic rings. The summed E-state index contributed by atoms with van der Waals surface area (Å²) in [5.41, 5.74) is 5.67. The molecule has 0 amide bonds. The van der Waals surface area contributed by atoms with Crippen molar-refractivity contribution in [3.8, 4) is 5.69 Å². The van der Waals surface area contributed by atoms with Crippen LogP contribution in [-0.4, -0.2) is 4.57 Å². The highest BCUT2D eigenvalue weighted by Crippen LogP contribution is 2.39. The van der Waals surface area contributed by atoms with Crippen LogP contribution in [0.15, 0.2) is 30.3 Å². The molecule has 0 atom stereocenters. The van der Waals surface area contributed by atoms with Crippen molar-refractivity contribution in [1.29, 1.82) is 0 Å². The molecule has 1 aliphatic heterocycles. The highest BCUT2D eigenvalue weighted by atomic mass is 15.2. The first-order valence-electron chi connectivity index (χ1n) is 8.93. The summed E-state index contributed by atoms with van der Waals surface area (Å²) in [6.07, 6.45) is 10.0. The van der Waals surface area contributed by atoms with Gasteiger partial charge in [0.05, 0.1) is 17.5 Å². The van der Waals surface area contributed by atoms with Gasteiger partial charge in [-0.25, -0.2) is 4.57 Å². The van der Waals surface area contributed by atoms with Crippen LogP contribution in [0.1, 0.15) is 68.2 Å². The predicted octanol–water partition coefficient (Wildman–Crippen LogP) is 4.80.